The van der Waals surface area contributed by atoms with Crippen LogP contribution in [0.3, 0.4) is 0 Å². The van der Waals surface area contributed by atoms with E-state index in [4.69, 9.17) is 28.4 Å². The van der Waals surface area contributed by atoms with Crippen LogP contribution in [0, 0.1) is 11.8 Å². The third-order valence-electron chi connectivity index (χ3n) is 15.5. The molecule has 2 bridgehead atoms. The molecule has 23 nitrogen and oxygen atoms in total. The zero-order chi connectivity index (χ0) is 62.5. The highest BCUT2D eigenvalue weighted by atomic mass is 32.2. The molecule has 3 aliphatic rings. The largest absolute Gasteiger partial charge is 0.744 e. The molecule has 4 aromatic carbocycles. The van der Waals surface area contributed by atoms with Gasteiger partial charge in [0.05, 0.1) is 98.4 Å². The van der Waals surface area contributed by atoms with Crippen LogP contribution in [0.5, 0.6) is 0 Å². The molecule has 7 rings (SSSR count). The first kappa shape index (κ1) is 70.6. The molecule has 0 spiro atoms. The summed E-state index contributed by atoms with van der Waals surface area (Å²) in [6.07, 6.45) is 0.607. The van der Waals surface area contributed by atoms with E-state index in [2.05, 4.69) is 20.4 Å². The predicted molar refractivity (Wildman–Crippen MR) is 314 cm³/mol. The van der Waals surface area contributed by atoms with E-state index in [0.29, 0.717) is 140 Å². The molecule has 2 N–H and O–H groups in total. The second-order valence-electron chi connectivity index (χ2n) is 22.4. The molecule has 2 amide bonds. The summed E-state index contributed by atoms with van der Waals surface area (Å²) in [6.45, 7) is 16.0. The molecule has 6 unspecified atom stereocenters. The summed E-state index contributed by atoms with van der Waals surface area (Å²) in [5, 5.41) is 6.31. The number of hydrogen-bond acceptors (Lipinski definition) is 21. The summed E-state index contributed by atoms with van der Waals surface area (Å²) >= 11 is 0. The quantitative estimate of drug-likeness (QED) is 0.0989. The Balaban J connectivity index is 1.41. The Hall–Kier alpha value is -4.53. The zero-order valence-corrected chi connectivity index (χ0v) is 52.5. The van der Waals surface area contributed by atoms with Gasteiger partial charge in [0.15, 0.2) is 0 Å². The smallest absolute Gasteiger partial charge is 0.315 e. The lowest BCUT2D eigenvalue weighted by Crippen LogP contribution is -2.49. The lowest BCUT2D eigenvalue weighted by Gasteiger charge is -2.39. The molecule has 86 heavy (non-hydrogen) atoms. The van der Waals surface area contributed by atoms with E-state index < -0.39 is 96.0 Å². The van der Waals surface area contributed by atoms with Crippen molar-refractivity contribution in [2.75, 3.05) is 118 Å². The van der Waals surface area contributed by atoms with Crippen molar-refractivity contribution in [3.8, 4) is 0 Å². The number of hydrogen-bond donors (Lipinski definition) is 2. The predicted octanol–water partition coefficient (Wildman–Crippen LogP) is 5.38. The third kappa shape index (κ3) is 23.4. The van der Waals surface area contributed by atoms with E-state index >= 15 is 0 Å². The molecule has 27 heteroatoms. The molecule has 480 valence electrons. The number of amides is 2. The van der Waals surface area contributed by atoms with E-state index in [9.17, 15) is 56.7 Å². The summed E-state index contributed by atoms with van der Waals surface area (Å²) in [5.41, 5.74) is 2.20. The van der Waals surface area contributed by atoms with Crippen molar-refractivity contribution < 1.29 is 85.1 Å². The average molecular weight is 1280 g/mol. The SMILES string of the molecule is CC(C)CC(c1ccc(S(=O)(=O)[O-])cc1)C(NC(=O)NCCC1CN2CCOCCOCCN(CCOCCOCC2)CCOCCO1)C(CC(CC(c1ccc(S(=O)(=O)[O-])cc1)C(C)C)c1ccc(S(=O)(=O)[O-])cc1)c1ccc(S(=O)(=O)[O-])cc1. The van der Waals surface area contributed by atoms with Crippen molar-refractivity contribution in [2.24, 2.45) is 11.8 Å². The Morgan fingerprint density at radius 2 is 0.802 bits per heavy atom. The van der Waals surface area contributed by atoms with Crippen molar-refractivity contribution >= 4 is 46.5 Å². The zero-order valence-electron chi connectivity index (χ0n) is 49.2. The first-order chi connectivity index (χ1) is 40.8. The van der Waals surface area contributed by atoms with E-state index in [1.54, 1.807) is 12.1 Å². The maximum atomic E-state index is 14.9. The number of carbonyl (C=O) groups is 1. The average Bonchev–Trinajstić information content (AvgIpc) is 1.39. The first-order valence-electron chi connectivity index (χ1n) is 29.0. The molecule has 0 radical (unpaired) electrons. The highest BCUT2D eigenvalue weighted by Gasteiger charge is 2.37. The van der Waals surface area contributed by atoms with Crippen molar-refractivity contribution in [3.63, 3.8) is 0 Å². The van der Waals surface area contributed by atoms with Crippen LogP contribution < -0.4 is 10.6 Å². The number of rotatable bonds is 21. The molecular formula is C59H82N4O19S4-4. The van der Waals surface area contributed by atoms with Crippen molar-refractivity contribution in [1.29, 1.82) is 0 Å². The second-order valence-corrected chi connectivity index (χ2v) is 27.9. The van der Waals surface area contributed by atoms with Gasteiger partial charge in [-0.3, -0.25) is 9.80 Å². The number of fused-ring (bicyclic) bond motifs is 21. The summed E-state index contributed by atoms with van der Waals surface area (Å²) in [6, 6.07) is 20.0. The van der Waals surface area contributed by atoms with Crippen LogP contribution >= 0.6 is 0 Å². The van der Waals surface area contributed by atoms with Crippen molar-refractivity contribution in [1.82, 2.24) is 20.4 Å². The Kier molecular flexibility index (Phi) is 27.8. The fourth-order valence-electron chi connectivity index (χ4n) is 11.0. The van der Waals surface area contributed by atoms with E-state index in [-0.39, 0.29) is 43.7 Å². The Morgan fingerprint density at radius 3 is 1.17 bits per heavy atom. The summed E-state index contributed by atoms with van der Waals surface area (Å²) < 4.78 is 183. The molecule has 3 fully saturated rings. The molecule has 0 saturated carbocycles. The Morgan fingerprint density at radius 1 is 0.465 bits per heavy atom. The highest BCUT2D eigenvalue weighted by molar-refractivity contribution is 7.86. The minimum atomic E-state index is -4.96. The molecule has 0 aromatic heterocycles. The number of ether oxygens (including phenoxy) is 6. The summed E-state index contributed by atoms with van der Waals surface area (Å²) in [7, 11) is -19.6. The Labute approximate surface area is 507 Å². The van der Waals surface area contributed by atoms with Crippen LogP contribution in [0.4, 0.5) is 4.79 Å². The number of carbonyl (C=O) groups excluding carboxylic acids is 1. The molecule has 3 heterocycles. The van der Waals surface area contributed by atoms with E-state index in [1.165, 1.54) is 72.8 Å². The van der Waals surface area contributed by atoms with Crippen LogP contribution in [-0.4, -0.2) is 198 Å². The first-order valence-corrected chi connectivity index (χ1v) is 34.6. The van der Waals surface area contributed by atoms with Gasteiger partial charge in [0.1, 0.15) is 40.5 Å². The monoisotopic (exact) mass is 1280 g/mol. The van der Waals surface area contributed by atoms with Gasteiger partial charge in [-0.05, 0) is 120 Å². The van der Waals surface area contributed by atoms with Gasteiger partial charge in [-0.1, -0.05) is 76.2 Å². The van der Waals surface area contributed by atoms with Gasteiger partial charge in [0.25, 0.3) is 0 Å². The number of nitrogens with zero attached hydrogens (tertiary/aromatic N) is 2. The minimum absolute atomic E-state index is 0.0923. The molecular weight excluding hydrogens is 1200 g/mol. The van der Waals surface area contributed by atoms with Crippen LogP contribution in [0.1, 0.15) is 99.3 Å². The van der Waals surface area contributed by atoms with Crippen molar-refractivity contribution in [3.05, 3.63) is 119 Å². The molecule has 3 aliphatic heterocycles. The van der Waals surface area contributed by atoms with Crippen LogP contribution in [0.2, 0.25) is 0 Å². The van der Waals surface area contributed by atoms with E-state index in [1.807, 2.05) is 27.7 Å². The molecule has 4 aromatic rings. The lowest BCUT2D eigenvalue weighted by molar-refractivity contribution is -0.0345. The van der Waals surface area contributed by atoms with Gasteiger partial charge in [-0.25, -0.2) is 38.5 Å². The second kappa shape index (κ2) is 33.9. The van der Waals surface area contributed by atoms with Crippen LogP contribution in [-0.2, 0) is 68.9 Å². The number of nitrogens with one attached hydrogen (secondary N) is 2. The van der Waals surface area contributed by atoms with Crippen LogP contribution in [0.15, 0.2) is 117 Å². The minimum Gasteiger partial charge on any atom is -0.744 e. The van der Waals surface area contributed by atoms with Gasteiger partial charge in [-0.2, -0.15) is 0 Å². The van der Waals surface area contributed by atoms with Gasteiger partial charge < -0.3 is 57.3 Å². The Bertz CT molecular complexity index is 3140. The van der Waals surface area contributed by atoms with Crippen molar-refractivity contribution in [2.45, 2.75) is 109 Å². The molecule has 6 atom stereocenters. The van der Waals surface area contributed by atoms with Crippen LogP contribution in [0.25, 0.3) is 0 Å². The summed E-state index contributed by atoms with van der Waals surface area (Å²) in [5.74, 6) is -2.77. The topological polar surface area (TPSA) is 332 Å². The van der Waals surface area contributed by atoms with Gasteiger partial charge in [0, 0.05) is 63.7 Å². The fourth-order valence-corrected chi connectivity index (χ4v) is 12.9. The lowest BCUT2D eigenvalue weighted by atomic mass is 9.70. The van der Waals surface area contributed by atoms with Gasteiger partial charge in [0.2, 0.25) is 0 Å². The highest BCUT2D eigenvalue weighted by Crippen LogP contribution is 2.45. The summed E-state index contributed by atoms with van der Waals surface area (Å²) in [4.78, 5) is 17.4. The van der Waals surface area contributed by atoms with Gasteiger partial charge in [-0.15, -0.1) is 0 Å². The maximum absolute atomic E-state index is 14.9. The molecule has 0 aliphatic carbocycles. The van der Waals surface area contributed by atoms with E-state index in [0.717, 1.165) is 12.1 Å². The number of benzene rings is 4. The number of urea groups is 1. The normalized spacial score (nSPS) is 20.9. The van der Waals surface area contributed by atoms with Gasteiger partial charge >= 0.3 is 6.03 Å². The standard InChI is InChI=1S/C59H86N4O19S4/c1-43(2)39-56(47-9-17-53(18-10-47)85(71,72)73)58(61-59(64)60-22-21-50-42-63-26-31-79-35-33-77-28-23-62(25-30-81-37-38-82-50)24-29-78-34-36-80-32-27-63)57(48-11-19-54(20-12-48)86(74,75)76)41-49(45-5-13-51(14-6-45)83(65,66)67)40-55(44(3)4)46-7-15-52(16-8-46)84(68,69)70/h5-20,43-44,49-50,55-58H,21-42H2,1-4H3,(H2,60,61,64)(H,65,66,67)(H,68,69,70)(H,71,72,73)(H,74,75,76)/p-4. The fraction of sp³-hybridized carbons (Fsp3) is 0.576. The molecule has 3 saturated heterocycles. The maximum Gasteiger partial charge on any atom is 0.315 e. The third-order valence-corrected chi connectivity index (χ3v) is 18.9.